The topological polar surface area (TPSA) is 66.4 Å². The van der Waals surface area contributed by atoms with Crippen LogP contribution in [-0.2, 0) is 4.79 Å². The number of nitrogens with zero attached hydrogens (tertiary/aromatic N) is 1. The van der Waals surface area contributed by atoms with E-state index in [-0.39, 0.29) is 33.7 Å². The molecule has 1 aromatic rings. The van der Waals surface area contributed by atoms with Crippen LogP contribution in [0.5, 0.6) is 0 Å². The molecule has 0 N–H and O–H groups in total. The van der Waals surface area contributed by atoms with Gasteiger partial charge in [-0.1, -0.05) is 48.9 Å². The summed E-state index contributed by atoms with van der Waals surface area (Å²) in [4.78, 5) is 16.5. The van der Waals surface area contributed by atoms with E-state index in [1.807, 2.05) is 6.07 Å². The molecule has 1 unspecified atom stereocenters. The van der Waals surface area contributed by atoms with Crippen molar-refractivity contribution in [2.75, 3.05) is 13.6 Å². The minimum atomic E-state index is -1.17. The quantitative estimate of drug-likeness (QED) is 0.682. The molecule has 19 heavy (non-hydrogen) atoms. The van der Waals surface area contributed by atoms with Crippen molar-refractivity contribution in [1.82, 2.24) is 4.90 Å². The molecule has 0 aliphatic rings. The molecule has 0 bridgehead atoms. The van der Waals surface area contributed by atoms with Gasteiger partial charge in [-0.2, -0.15) is 0 Å². The first kappa shape index (κ1) is 18.4. The maximum atomic E-state index is 12.0. The molecular weight excluding hydrogens is 349 g/mol. The van der Waals surface area contributed by atoms with Crippen molar-refractivity contribution in [3.05, 3.63) is 35.9 Å². The van der Waals surface area contributed by atoms with Crippen LogP contribution in [0.3, 0.4) is 0 Å². The molecule has 0 fully saturated rings. The number of rotatable bonds is 5. The molecule has 1 aromatic carbocycles. The molecule has 104 valence electrons. The van der Waals surface area contributed by atoms with E-state index in [1.54, 1.807) is 38.2 Å². The Morgan fingerprint density at radius 3 is 2.21 bits per heavy atom. The summed E-state index contributed by atoms with van der Waals surface area (Å²) in [6, 6.07) is 8.55. The van der Waals surface area contributed by atoms with Crippen molar-refractivity contribution in [3.8, 4) is 0 Å². The van der Waals surface area contributed by atoms with Gasteiger partial charge >= 0.3 is 31.0 Å². The molecule has 5 heteroatoms. The average Bonchev–Trinajstić information content (AvgIpc) is 2.38. The van der Waals surface area contributed by atoms with Crippen LogP contribution in [0.1, 0.15) is 18.6 Å². The van der Waals surface area contributed by atoms with E-state index in [4.69, 9.17) is 0 Å². The summed E-state index contributed by atoms with van der Waals surface area (Å²) < 4.78 is 0. The van der Waals surface area contributed by atoms with E-state index < -0.39 is 12.1 Å². The Bertz CT molecular complexity index is 359. The standard InChI is InChI=1S/C12H16NO3.2CH3.Sn/c1-9(13(2)8-11(14)15)12(16)10-6-4-3-5-7-10;;;/h3-7,9,12H,8H2,1-2H3,(H,14,15);2*1H3;/q-1;;;+2/p-1/t9?,12-;;;/m0.../s1. The van der Waals surface area contributed by atoms with Gasteiger partial charge in [-0.25, -0.2) is 0 Å². The molecule has 0 amide bonds. The van der Waals surface area contributed by atoms with Crippen LogP contribution < -0.4 is 10.2 Å². The van der Waals surface area contributed by atoms with Crippen LogP contribution >= 0.6 is 0 Å². The summed E-state index contributed by atoms with van der Waals surface area (Å²) in [5.41, 5.74) is 0.667. The molecule has 0 heterocycles. The van der Waals surface area contributed by atoms with Gasteiger partial charge in [0.15, 0.2) is 0 Å². The summed E-state index contributed by atoms with van der Waals surface area (Å²) >= 11 is 0.230. The third-order valence-corrected chi connectivity index (χ3v) is 2.64. The predicted octanol–water partition coefficient (Wildman–Crippen LogP) is -0.0550. The molecule has 0 spiro atoms. The van der Waals surface area contributed by atoms with Crippen LogP contribution in [0.2, 0.25) is 9.88 Å². The minimum absolute atomic E-state index is 0.229. The molecule has 2 atom stereocenters. The van der Waals surface area contributed by atoms with Gasteiger partial charge in [-0.05, 0) is 13.1 Å². The number of carboxylic acids is 1. The zero-order chi connectivity index (χ0) is 14.8. The number of hydrogen-bond acceptors (Lipinski definition) is 4. The van der Waals surface area contributed by atoms with Crippen LogP contribution in [0.4, 0.5) is 0 Å². The number of likely N-dealkylation sites (N-methyl/N-ethyl adjacent to an activating group) is 1. The first-order valence-corrected chi connectivity index (χ1v) is 11.8. The Kier molecular flexibility index (Phi) is 9.91. The fourth-order valence-electron chi connectivity index (χ4n) is 1.50. The maximum absolute atomic E-state index is 12.0. The second-order valence-electron chi connectivity index (χ2n) is 4.36. The molecule has 1 rings (SSSR count). The van der Waals surface area contributed by atoms with Gasteiger partial charge in [0.2, 0.25) is 0 Å². The summed E-state index contributed by atoms with van der Waals surface area (Å²) in [6.45, 7) is 1.49. The number of carbonyl (C=O) groups excluding carboxylic acids is 1. The van der Waals surface area contributed by atoms with Crippen LogP contribution in [0.25, 0.3) is 0 Å². The van der Waals surface area contributed by atoms with Crippen LogP contribution in [-0.4, -0.2) is 51.6 Å². The molecule has 0 radical (unpaired) electrons. The van der Waals surface area contributed by atoms with Gasteiger partial charge < -0.3 is 15.0 Å². The van der Waals surface area contributed by atoms with E-state index in [9.17, 15) is 15.0 Å². The zero-order valence-corrected chi connectivity index (χ0v) is 14.8. The van der Waals surface area contributed by atoms with Gasteiger partial charge in [0, 0.05) is 6.54 Å². The van der Waals surface area contributed by atoms with Crippen molar-refractivity contribution < 1.29 is 15.0 Å². The molecule has 0 aliphatic heterocycles. The average molecular weight is 370 g/mol. The Hall–Kier alpha value is -0.591. The summed E-state index contributed by atoms with van der Waals surface area (Å²) in [5.74, 6) is -1.17. The van der Waals surface area contributed by atoms with Gasteiger partial charge in [-0.3, -0.25) is 4.90 Å². The molecule has 0 saturated heterocycles. The van der Waals surface area contributed by atoms with Crippen molar-refractivity contribution in [2.45, 2.75) is 28.9 Å². The molecular formula is C14H21NO3Sn. The van der Waals surface area contributed by atoms with E-state index in [0.717, 1.165) is 0 Å². The van der Waals surface area contributed by atoms with Gasteiger partial charge in [0.05, 0.1) is 5.97 Å². The second-order valence-corrected chi connectivity index (χ2v) is 7.21. The Labute approximate surface area is 125 Å². The number of carbonyl (C=O) groups is 1. The summed E-state index contributed by atoms with van der Waals surface area (Å²) in [6.07, 6.45) is -0.953. The fraction of sp³-hybridized carbons (Fsp3) is 0.500. The third-order valence-electron chi connectivity index (χ3n) is 2.64. The van der Waals surface area contributed by atoms with E-state index in [0.29, 0.717) is 5.56 Å². The van der Waals surface area contributed by atoms with E-state index in [1.165, 1.54) is 4.90 Å². The predicted molar refractivity (Wildman–Crippen MR) is 73.8 cm³/mol. The molecule has 0 aliphatic carbocycles. The number of carboxylic acid groups (broad SMARTS) is 1. The monoisotopic (exact) mass is 371 g/mol. The van der Waals surface area contributed by atoms with Gasteiger partial charge in [0.1, 0.15) is 0 Å². The Morgan fingerprint density at radius 2 is 1.79 bits per heavy atom. The second kappa shape index (κ2) is 10.2. The first-order valence-electron chi connectivity index (χ1n) is 6.13. The summed E-state index contributed by atoms with van der Waals surface area (Å²) in [7, 11) is 1.61. The van der Waals surface area contributed by atoms with Crippen molar-refractivity contribution in [2.24, 2.45) is 0 Å². The van der Waals surface area contributed by atoms with Gasteiger partial charge in [-0.15, -0.1) is 0 Å². The van der Waals surface area contributed by atoms with Crippen LogP contribution in [0, 0.1) is 0 Å². The Balaban J connectivity index is 0.000000982. The number of benzene rings is 1. The van der Waals surface area contributed by atoms with Crippen molar-refractivity contribution in [1.29, 1.82) is 0 Å². The van der Waals surface area contributed by atoms with Crippen molar-refractivity contribution in [3.63, 3.8) is 0 Å². The fourth-order valence-corrected chi connectivity index (χ4v) is 1.50. The van der Waals surface area contributed by atoms with Crippen molar-refractivity contribution >= 4 is 27.1 Å². The number of hydrogen-bond donors (Lipinski definition) is 0. The molecule has 0 aromatic heterocycles. The van der Waals surface area contributed by atoms with E-state index >= 15 is 0 Å². The number of aliphatic carboxylic acids is 1. The molecule has 4 nitrogen and oxygen atoms in total. The van der Waals surface area contributed by atoms with E-state index in [2.05, 4.69) is 9.88 Å². The third kappa shape index (κ3) is 7.54. The SMILES string of the molecule is CC([C@H]([O-])c1ccccc1)N(C)CC(=O)[O-].[CH3][Sn+2][CH3]. The molecule has 0 saturated carbocycles. The van der Waals surface area contributed by atoms with Gasteiger partial charge in [0.25, 0.3) is 0 Å². The Morgan fingerprint density at radius 1 is 1.32 bits per heavy atom. The summed E-state index contributed by atoms with van der Waals surface area (Å²) in [5, 5.41) is 22.4. The van der Waals surface area contributed by atoms with Crippen LogP contribution in [0.15, 0.2) is 30.3 Å². The first-order chi connectivity index (χ1) is 8.93. The normalized spacial score (nSPS) is 12.9. The zero-order valence-electron chi connectivity index (χ0n) is 11.9.